The molecule has 17 heteroatoms. The van der Waals surface area contributed by atoms with E-state index in [0.29, 0.717) is 102 Å². The Hall–Kier alpha value is -5.78. The molecule has 6 fully saturated rings. The summed E-state index contributed by atoms with van der Waals surface area (Å²) >= 11 is 0. The molecule has 4 N–H and O–H groups in total. The van der Waals surface area contributed by atoms with Crippen LogP contribution in [0.25, 0.3) is 32.9 Å². The van der Waals surface area contributed by atoms with Crippen LogP contribution in [0.15, 0.2) is 54.9 Å². The molecule has 2 saturated carbocycles. The predicted octanol–water partition coefficient (Wildman–Crippen LogP) is 8.70. The Morgan fingerprint density at radius 3 is 2.35 bits per heavy atom. The van der Waals surface area contributed by atoms with Crippen LogP contribution in [0.3, 0.4) is 0 Å². The molecule has 0 radical (unpaired) electrons. The normalized spacial score (nSPS) is 23.7. The maximum Gasteiger partial charge on any atom is 0.319 e. The van der Waals surface area contributed by atoms with Crippen molar-refractivity contribution in [3.8, 4) is 23.0 Å². The van der Waals surface area contributed by atoms with Crippen LogP contribution < -0.4 is 25.2 Å². The number of aliphatic hydroxyl groups is 1. The van der Waals surface area contributed by atoms with Gasteiger partial charge < -0.3 is 40.3 Å². The van der Waals surface area contributed by atoms with Crippen molar-refractivity contribution in [3.63, 3.8) is 0 Å². The molecule has 13 nitrogen and oxygen atoms in total. The summed E-state index contributed by atoms with van der Waals surface area (Å²) in [7, 11) is 0. The zero-order valence-corrected chi connectivity index (χ0v) is 41.3. The minimum atomic E-state index is -0.970. The van der Waals surface area contributed by atoms with Gasteiger partial charge in [0.2, 0.25) is 5.91 Å². The first-order chi connectivity index (χ1) is 34.6. The number of amides is 1. The molecule has 4 saturated heterocycles. The third-order valence-electron chi connectivity index (χ3n) is 16.7. The predicted molar refractivity (Wildman–Crippen MR) is 270 cm³/mol. The lowest BCUT2D eigenvalue weighted by Gasteiger charge is -2.54. The molecule has 2 atom stereocenters. The second-order valence-corrected chi connectivity index (χ2v) is 22.2. The number of aryl methyl sites for hydroxylation is 1. The van der Waals surface area contributed by atoms with Crippen LogP contribution in [0.2, 0.25) is 0 Å². The largest absolute Gasteiger partial charge is 0.508 e. The maximum absolute atomic E-state index is 17.1. The Bertz CT molecular complexity index is 2900. The number of nitrogens with zero attached hydrogens (tertiary/aromatic N) is 7. The zero-order valence-electron chi connectivity index (χ0n) is 41.3. The molecule has 4 aliphatic heterocycles. The van der Waals surface area contributed by atoms with E-state index in [0.717, 1.165) is 71.4 Å². The van der Waals surface area contributed by atoms with Gasteiger partial charge in [0.1, 0.15) is 34.3 Å². The minimum absolute atomic E-state index is 0.00774. The topological polar surface area (TPSA) is 142 Å². The molecule has 6 aliphatic rings. The van der Waals surface area contributed by atoms with E-state index in [2.05, 4.69) is 36.9 Å². The number of carbonyl (C=O) groups is 1. The first-order valence-electron chi connectivity index (χ1n) is 25.9. The highest BCUT2D eigenvalue weighted by molar-refractivity contribution is 6.01. The molecular weight excluding hydrogens is 927 g/mol. The number of hydrogen-bond acceptors (Lipinski definition) is 12. The number of pyridine rings is 1. The highest BCUT2D eigenvalue weighted by Gasteiger charge is 2.49. The van der Waals surface area contributed by atoms with Crippen LogP contribution in [0.5, 0.6) is 11.8 Å². The molecule has 2 aromatic heterocycles. The monoisotopic (exact) mass is 992 g/mol. The fraction of sp³-hybridized carbons (Fsp3) is 0.527. The quantitative estimate of drug-likeness (QED) is 0.0839. The van der Waals surface area contributed by atoms with E-state index in [9.17, 15) is 15.0 Å². The fourth-order valence-electron chi connectivity index (χ4n) is 12.6. The van der Waals surface area contributed by atoms with Gasteiger partial charge in [0.15, 0.2) is 17.5 Å². The third-order valence-corrected chi connectivity index (χ3v) is 16.7. The lowest BCUT2D eigenvalue weighted by Crippen LogP contribution is -2.53. The Balaban J connectivity index is 0.704. The number of β-amino-alcohol motifs (C(OH)–C–C–N with tert-alkyl or cyclic N) is 1. The summed E-state index contributed by atoms with van der Waals surface area (Å²) in [6.07, 6.45) is 10.7. The Morgan fingerprint density at radius 2 is 1.65 bits per heavy atom. The highest BCUT2D eigenvalue weighted by atomic mass is 19.1. The van der Waals surface area contributed by atoms with Gasteiger partial charge in [-0.3, -0.25) is 14.7 Å². The molecule has 6 heterocycles. The van der Waals surface area contributed by atoms with Crippen molar-refractivity contribution in [1.29, 1.82) is 0 Å². The number of halogens is 4. The smallest absolute Gasteiger partial charge is 0.319 e. The average Bonchev–Trinajstić information content (AvgIpc) is 4.11. The molecule has 382 valence electrons. The number of aromatic nitrogens is 3. The number of phenols is 1. The van der Waals surface area contributed by atoms with Crippen molar-refractivity contribution in [2.45, 2.75) is 96.1 Å². The van der Waals surface area contributed by atoms with E-state index in [4.69, 9.17) is 14.7 Å². The van der Waals surface area contributed by atoms with Crippen molar-refractivity contribution in [2.24, 2.45) is 16.7 Å². The minimum Gasteiger partial charge on any atom is -0.508 e. The van der Waals surface area contributed by atoms with Crippen molar-refractivity contribution < 1.29 is 37.3 Å². The number of phenolic OH excluding ortho intramolecular Hbond substituents is 1. The number of carbonyl (C=O) groups excluding carboxylic acids is 1. The van der Waals surface area contributed by atoms with E-state index in [1.54, 1.807) is 13.0 Å². The van der Waals surface area contributed by atoms with Gasteiger partial charge in [-0.1, -0.05) is 19.6 Å². The number of anilines is 3. The lowest BCUT2D eigenvalue weighted by molar-refractivity contribution is -0.121. The van der Waals surface area contributed by atoms with E-state index in [1.807, 2.05) is 11.8 Å². The molecule has 3 aromatic carbocycles. The molecule has 2 aliphatic carbocycles. The van der Waals surface area contributed by atoms with Crippen LogP contribution >= 0.6 is 0 Å². The van der Waals surface area contributed by atoms with Crippen LogP contribution in [0, 0.1) is 40.0 Å². The molecule has 1 spiro atoms. The first kappa shape index (κ1) is 48.5. The number of aromatic hydroxyl groups is 1. The number of likely N-dealkylation sites (tertiary alicyclic amines) is 1. The van der Waals surface area contributed by atoms with Crippen LogP contribution in [-0.2, 0) is 11.2 Å². The Kier molecular flexibility index (Phi) is 12.7. The second kappa shape index (κ2) is 18.9. The summed E-state index contributed by atoms with van der Waals surface area (Å²) in [6.45, 7) is 15.8. The van der Waals surface area contributed by atoms with Crippen molar-refractivity contribution in [2.75, 3.05) is 87.2 Å². The Labute approximate surface area is 417 Å². The van der Waals surface area contributed by atoms with Gasteiger partial charge in [-0.25, -0.2) is 17.6 Å². The number of piperidine rings is 3. The SMILES string of the molecule is C=C1NC(=O)CCC1Nc1c(F)cc(N2CCN(CC3CC4(CCN(CC5(COc6nc(N7CCC[C@@](C)(O)C7)c7cnc(-c8cc(O)cc9ccc(F)c(CC)c89)c(F)c7n6)CC5)CC4)C3)CC2)cc1F. The van der Waals surface area contributed by atoms with Crippen LogP contribution in [0.1, 0.15) is 83.6 Å². The summed E-state index contributed by atoms with van der Waals surface area (Å²) in [6, 6.07) is 8.31. The number of rotatable bonds is 13. The molecule has 1 unspecified atom stereocenters. The van der Waals surface area contributed by atoms with Gasteiger partial charge in [0, 0.05) is 87.3 Å². The standard InChI is InChI=1S/C55H65F4N9O4/c1-4-38-41(56)7-6-35-22-37(69)25-39(46(35)38)48-47(59)49-40(28-60-48)51(68-15-5-10-53(3,71)30-68)64-52(63-49)72-32-55(11-12-55)31-66-16-13-54(14-17-66)26-34(27-54)29-65-18-20-67(21-19-65)36-23-42(57)50(43(58)24-36)62-44-8-9-45(70)61-33(44)2/h6-7,22-25,28,34,44,62,69,71H,2,4-5,8-21,26-27,29-32H2,1,3H3,(H,61,70)/t44?,53-/m1/s1. The number of nitrogens with one attached hydrogen (secondary N) is 2. The van der Waals surface area contributed by atoms with Gasteiger partial charge in [-0.2, -0.15) is 9.97 Å². The lowest BCUT2D eigenvalue weighted by atomic mass is 9.57. The molecule has 5 aromatic rings. The van der Waals surface area contributed by atoms with Crippen LogP contribution in [-0.4, -0.2) is 125 Å². The van der Waals surface area contributed by atoms with Crippen LogP contribution in [0.4, 0.5) is 34.8 Å². The number of piperazine rings is 1. The first-order valence-corrected chi connectivity index (χ1v) is 25.9. The van der Waals surface area contributed by atoms with Crippen molar-refractivity contribution in [1.82, 2.24) is 30.1 Å². The third kappa shape index (κ3) is 9.63. The number of ether oxygens (including phenoxy) is 1. The number of hydrogen-bond donors (Lipinski definition) is 4. The molecule has 0 bridgehead atoms. The van der Waals surface area contributed by atoms with E-state index in [-0.39, 0.29) is 52.0 Å². The van der Waals surface area contributed by atoms with E-state index >= 15 is 17.6 Å². The maximum atomic E-state index is 17.1. The van der Waals surface area contributed by atoms with E-state index < -0.39 is 34.9 Å². The summed E-state index contributed by atoms with van der Waals surface area (Å²) in [5, 5.41) is 28.8. The summed E-state index contributed by atoms with van der Waals surface area (Å²) in [5.74, 6) is -1.61. The molecule has 72 heavy (non-hydrogen) atoms. The zero-order chi connectivity index (χ0) is 50.1. The van der Waals surface area contributed by atoms with Gasteiger partial charge in [0.05, 0.1) is 23.6 Å². The molecule has 1 amide bonds. The number of benzene rings is 3. The molecule has 11 rings (SSSR count). The van der Waals surface area contributed by atoms with Crippen molar-refractivity contribution in [3.05, 3.63) is 83.7 Å². The average molecular weight is 992 g/mol. The van der Waals surface area contributed by atoms with E-state index in [1.165, 1.54) is 49.4 Å². The van der Waals surface area contributed by atoms with Crippen molar-refractivity contribution >= 4 is 44.8 Å². The summed E-state index contributed by atoms with van der Waals surface area (Å²) in [4.78, 5) is 34.9. The molecular formula is C55H65F4N9O4. The van der Waals surface area contributed by atoms with Gasteiger partial charge in [-0.05, 0) is 142 Å². The summed E-state index contributed by atoms with van der Waals surface area (Å²) in [5.41, 5.74) is 0.717. The second-order valence-electron chi connectivity index (χ2n) is 22.2. The number of fused-ring (bicyclic) bond motifs is 2. The fourth-order valence-corrected chi connectivity index (χ4v) is 12.6. The van der Waals surface area contributed by atoms with Gasteiger partial charge in [-0.15, -0.1) is 0 Å². The highest BCUT2D eigenvalue weighted by Crippen LogP contribution is 2.54. The Morgan fingerprint density at radius 1 is 0.903 bits per heavy atom. The van der Waals surface area contributed by atoms with Gasteiger partial charge >= 0.3 is 6.01 Å². The van der Waals surface area contributed by atoms with Gasteiger partial charge in [0.25, 0.3) is 0 Å². The summed E-state index contributed by atoms with van der Waals surface area (Å²) < 4.78 is 69.3.